The maximum absolute atomic E-state index is 13.6. The minimum Gasteiger partial charge on any atom is -0.497 e. The predicted molar refractivity (Wildman–Crippen MR) is 133 cm³/mol. The molecule has 4 aromatic rings. The maximum atomic E-state index is 13.6. The third-order valence-corrected chi connectivity index (χ3v) is 6.92. The molecular formula is C26H29N3O2S. The van der Waals surface area contributed by atoms with Gasteiger partial charge in [-0.25, -0.2) is 4.98 Å². The van der Waals surface area contributed by atoms with E-state index < -0.39 is 0 Å². The summed E-state index contributed by atoms with van der Waals surface area (Å²) in [6.45, 7) is 7.68. The first-order valence-corrected chi connectivity index (χ1v) is 11.9. The molecular weight excluding hydrogens is 418 g/mol. The van der Waals surface area contributed by atoms with Gasteiger partial charge in [0.25, 0.3) is 5.56 Å². The van der Waals surface area contributed by atoms with Gasteiger partial charge in [-0.3, -0.25) is 9.36 Å². The number of hydrogen-bond donors (Lipinski definition) is 0. The zero-order valence-electron chi connectivity index (χ0n) is 18.9. The summed E-state index contributed by atoms with van der Waals surface area (Å²) in [6, 6.07) is 20.1. The first-order valence-electron chi connectivity index (χ1n) is 11.1. The molecule has 2 aromatic carbocycles. The van der Waals surface area contributed by atoms with Crippen LogP contribution in [0.1, 0.15) is 25.2 Å². The molecule has 0 amide bonds. The highest BCUT2D eigenvalue weighted by molar-refractivity contribution is 7.21. The van der Waals surface area contributed by atoms with Gasteiger partial charge in [0.2, 0.25) is 0 Å². The Labute approximate surface area is 192 Å². The fourth-order valence-corrected chi connectivity index (χ4v) is 4.92. The Morgan fingerprint density at radius 3 is 2.41 bits per heavy atom. The molecule has 166 valence electrons. The van der Waals surface area contributed by atoms with Crippen molar-refractivity contribution < 1.29 is 4.74 Å². The molecule has 4 rings (SSSR count). The third-order valence-electron chi connectivity index (χ3n) is 5.84. The van der Waals surface area contributed by atoms with Crippen molar-refractivity contribution in [3.05, 3.63) is 82.4 Å². The van der Waals surface area contributed by atoms with Gasteiger partial charge in [0.1, 0.15) is 16.4 Å². The molecule has 6 heteroatoms. The van der Waals surface area contributed by atoms with E-state index in [1.54, 1.807) is 18.4 Å². The highest BCUT2D eigenvalue weighted by Gasteiger charge is 2.16. The fourth-order valence-electron chi connectivity index (χ4n) is 3.88. The predicted octanol–water partition coefficient (Wildman–Crippen LogP) is 5.07. The number of aromatic nitrogens is 2. The highest BCUT2D eigenvalue weighted by Crippen LogP contribution is 2.31. The van der Waals surface area contributed by atoms with Crippen LogP contribution in [0.4, 0.5) is 0 Å². The molecule has 0 aliphatic carbocycles. The van der Waals surface area contributed by atoms with Crippen LogP contribution in [-0.2, 0) is 13.0 Å². The summed E-state index contributed by atoms with van der Waals surface area (Å²) < 4.78 is 7.15. The van der Waals surface area contributed by atoms with Crippen molar-refractivity contribution in [2.75, 3.05) is 26.7 Å². The number of nitrogens with zero attached hydrogens (tertiary/aromatic N) is 3. The topological polar surface area (TPSA) is 47.4 Å². The molecule has 0 unspecified atom stereocenters. The molecule has 0 fully saturated rings. The minimum atomic E-state index is 0.0455. The van der Waals surface area contributed by atoms with Gasteiger partial charge in [0.15, 0.2) is 0 Å². The Bertz CT molecular complexity index is 1230. The number of ether oxygens (including phenoxy) is 1. The first-order chi connectivity index (χ1) is 15.6. The van der Waals surface area contributed by atoms with Crippen molar-refractivity contribution in [3.63, 3.8) is 0 Å². The molecule has 2 aromatic heterocycles. The second-order valence-electron chi connectivity index (χ2n) is 7.73. The zero-order chi connectivity index (χ0) is 22.5. The number of likely N-dealkylation sites (N-methyl/N-ethyl adjacent to an activating group) is 1. The van der Waals surface area contributed by atoms with Crippen LogP contribution in [0.25, 0.3) is 20.7 Å². The normalized spacial score (nSPS) is 11.4. The number of fused-ring (bicyclic) bond motifs is 1. The smallest absolute Gasteiger partial charge is 0.262 e. The molecule has 0 aliphatic rings. The van der Waals surface area contributed by atoms with Crippen molar-refractivity contribution in [1.82, 2.24) is 14.5 Å². The summed E-state index contributed by atoms with van der Waals surface area (Å²) in [5, 5.41) is 0.701. The van der Waals surface area contributed by atoms with Gasteiger partial charge in [-0.05, 0) is 42.4 Å². The largest absolute Gasteiger partial charge is 0.497 e. The Morgan fingerprint density at radius 2 is 1.75 bits per heavy atom. The second-order valence-corrected chi connectivity index (χ2v) is 8.76. The van der Waals surface area contributed by atoms with Crippen molar-refractivity contribution >= 4 is 21.6 Å². The first kappa shape index (κ1) is 22.2. The standard InChI is InChI=1S/C26H29N3O2S/c1-4-28(5-2)15-16-29-24(17-19-11-13-21(31-3)14-12-19)27-25-22(26(29)30)18-23(32-25)20-9-7-6-8-10-20/h6-14,18H,4-5,15-17H2,1-3H3. The molecule has 0 atom stereocenters. The summed E-state index contributed by atoms with van der Waals surface area (Å²) in [7, 11) is 1.66. The minimum absolute atomic E-state index is 0.0455. The van der Waals surface area contributed by atoms with E-state index in [1.807, 2.05) is 53.1 Å². The van der Waals surface area contributed by atoms with E-state index in [1.165, 1.54) is 0 Å². The van der Waals surface area contributed by atoms with Crippen LogP contribution < -0.4 is 10.3 Å². The third kappa shape index (κ3) is 4.76. The molecule has 32 heavy (non-hydrogen) atoms. The number of methoxy groups -OCH3 is 1. The van der Waals surface area contributed by atoms with Crippen LogP contribution in [0.15, 0.2) is 65.5 Å². The second kappa shape index (κ2) is 10.1. The molecule has 5 nitrogen and oxygen atoms in total. The number of thiophene rings is 1. The van der Waals surface area contributed by atoms with Gasteiger partial charge in [-0.2, -0.15) is 0 Å². The van der Waals surface area contributed by atoms with E-state index in [9.17, 15) is 4.79 Å². The lowest BCUT2D eigenvalue weighted by Gasteiger charge is -2.20. The molecule has 0 bridgehead atoms. The molecule has 0 saturated carbocycles. The van der Waals surface area contributed by atoms with E-state index in [0.29, 0.717) is 18.4 Å². The van der Waals surface area contributed by atoms with Crippen LogP contribution in [0, 0.1) is 0 Å². The van der Waals surface area contributed by atoms with Crippen LogP contribution in [0.2, 0.25) is 0 Å². The Morgan fingerprint density at radius 1 is 1.03 bits per heavy atom. The average molecular weight is 448 g/mol. The van der Waals surface area contributed by atoms with E-state index in [-0.39, 0.29) is 5.56 Å². The Balaban J connectivity index is 1.77. The quantitative estimate of drug-likeness (QED) is 0.360. The van der Waals surface area contributed by atoms with Crippen LogP contribution in [0.3, 0.4) is 0 Å². The van der Waals surface area contributed by atoms with E-state index in [4.69, 9.17) is 9.72 Å². The van der Waals surface area contributed by atoms with Crippen molar-refractivity contribution in [2.45, 2.75) is 26.8 Å². The van der Waals surface area contributed by atoms with Gasteiger partial charge >= 0.3 is 0 Å². The zero-order valence-corrected chi connectivity index (χ0v) is 19.7. The summed E-state index contributed by atoms with van der Waals surface area (Å²) in [6.07, 6.45) is 0.603. The van der Waals surface area contributed by atoms with E-state index >= 15 is 0 Å². The lowest BCUT2D eigenvalue weighted by molar-refractivity contribution is 0.287. The summed E-state index contributed by atoms with van der Waals surface area (Å²) in [4.78, 5) is 22.8. The molecule has 0 N–H and O–H groups in total. The van der Waals surface area contributed by atoms with Gasteiger partial charge < -0.3 is 9.64 Å². The van der Waals surface area contributed by atoms with Crippen LogP contribution in [-0.4, -0.2) is 41.2 Å². The highest BCUT2D eigenvalue weighted by atomic mass is 32.1. The van der Waals surface area contributed by atoms with Gasteiger partial charge in [0.05, 0.1) is 12.5 Å². The maximum Gasteiger partial charge on any atom is 0.262 e. The summed E-state index contributed by atoms with van der Waals surface area (Å²) in [5.74, 6) is 1.63. The lowest BCUT2D eigenvalue weighted by atomic mass is 10.1. The molecule has 0 aliphatic heterocycles. The lowest BCUT2D eigenvalue weighted by Crippen LogP contribution is -2.33. The van der Waals surface area contributed by atoms with Crippen molar-refractivity contribution in [1.29, 1.82) is 0 Å². The van der Waals surface area contributed by atoms with E-state index in [0.717, 1.165) is 52.0 Å². The van der Waals surface area contributed by atoms with Crippen LogP contribution >= 0.6 is 11.3 Å². The summed E-state index contributed by atoms with van der Waals surface area (Å²) in [5.41, 5.74) is 2.26. The number of hydrogen-bond acceptors (Lipinski definition) is 5. The molecule has 0 spiro atoms. The number of benzene rings is 2. The SMILES string of the molecule is CCN(CC)CCn1c(Cc2ccc(OC)cc2)nc2sc(-c3ccccc3)cc2c1=O. The average Bonchev–Trinajstić information content (AvgIpc) is 3.27. The van der Waals surface area contributed by atoms with Gasteiger partial charge in [-0.15, -0.1) is 11.3 Å². The van der Waals surface area contributed by atoms with Crippen LogP contribution in [0.5, 0.6) is 5.75 Å². The molecule has 0 saturated heterocycles. The summed E-state index contributed by atoms with van der Waals surface area (Å²) >= 11 is 1.58. The molecule has 2 heterocycles. The van der Waals surface area contributed by atoms with E-state index in [2.05, 4.69) is 30.9 Å². The Hall–Kier alpha value is -2.96. The fraction of sp³-hybridized carbons (Fsp3) is 0.308. The molecule has 0 radical (unpaired) electrons. The van der Waals surface area contributed by atoms with Crippen molar-refractivity contribution in [3.8, 4) is 16.2 Å². The van der Waals surface area contributed by atoms with Crippen molar-refractivity contribution in [2.24, 2.45) is 0 Å². The van der Waals surface area contributed by atoms with Gasteiger partial charge in [0, 0.05) is 24.4 Å². The monoisotopic (exact) mass is 447 g/mol. The van der Waals surface area contributed by atoms with Gasteiger partial charge in [-0.1, -0.05) is 56.3 Å². The Kier molecular flexibility index (Phi) is 7.02. The number of rotatable bonds is 9.